The van der Waals surface area contributed by atoms with Crippen LogP contribution in [0.25, 0.3) is 0 Å². The van der Waals surface area contributed by atoms with Crippen LogP contribution in [0.2, 0.25) is 0 Å². The SMILES string of the molecule is CC/C=C\C/C=C\C/C=C\C/C=C\C/C=C\C/C=C\CCCCCCCCCCCCCCCCCCCCCCCCC(=O)OC(COC(=O)CCCCCCCCCCCCCCCCCCCCCCCCCCCCCCCCCC)COP(=O)([O-])OCC[N+](C)(C)C. The van der Waals surface area contributed by atoms with Crippen molar-refractivity contribution in [3.8, 4) is 0 Å². The van der Waals surface area contributed by atoms with Gasteiger partial charge in [-0.05, 0) is 64.2 Å². The number of phosphoric acid groups is 1. The van der Waals surface area contributed by atoms with Gasteiger partial charge in [0.15, 0.2) is 6.10 Å². The first-order chi connectivity index (χ1) is 47.5. The molecule has 0 amide bonds. The molecular formula is C87H162NO8P. The van der Waals surface area contributed by atoms with Crippen LogP contribution in [0.5, 0.6) is 0 Å². The maximum Gasteiger partial charge on any atom is 0.306 e. The molecule has 0 heterocycles. The first kappa shape index (κ1) is 94.5. The lowest BCUT2D eigenvalue weighted by molar-refractivity contribution is -0.870. The molecule has 0 aromatic heterocycles. The zero-order valence-electron chi connectivity index (χ0n) is 65.0. The van der Waals surface area contributed by atoms with Gasteiger partial charge >= 0.3 is 11.9 Å². The van der Waals surface area contributed by atoms with E-state index in [1.165, 1.54) is 315 Å². The number of carbonyl (C=O) groups excluding carboxylic acids is 2. The summed E-state index contributed by atoms with van der Waals surface area (Å²) in [7, 11) is 1.19. The minimum absolute atomic E-state index is 0.0283. The molecule has 568 valence electrons. The molecule has 0 bridgehead atoms. The first-order valence-corrected chi connectivity index (χ1v) is 43.6. The van der Waals surface area contributed by atoms with E-state index in [-0.39, 0.29) is 32.0 Å². The van der Waals surface area contributed by atoms with Crippen LogP contribution in [0.1, 0.15) is 418 Å². The summed E-state index contributed by atoms with van der Waals surface area (Å²) in [6.45, 7) is 4.20. The van der Waals surface area contributed by atoms with E-state index in [9.17, 15) is 19.0 Å². The lowest BCUT2D eigenvalue weighted by Crippen LogP contribution is -2.37. The Balaban J connectivity index is 3.89. The molecule has 10 heteroatoms. The van der Waals surface area contributed by atoms with Crippen molar-refractivity contribution < 1.29 is 42.1 Å². The van der Waals surface area contributed by atoms with E-state index in [4.69, 9.17) is 18.5 Å². The summed E-state index contributed by atoms with van der Waals surface area (Å²) in [6.07, 6.45) is 106. The van der Waals surface area contributed by atoms with Gasteiger partial charge in [0, 0.05) is 12.8 Å². The van der Waals surface area contributed by atoms with Gasteiger partial charge < -0.3 is 27.9 Å². The molecule has 0 spiro atoms. The van der Waals surface area contributed by atoms with Crippen molar-refractivity contribution in [3.05, 3.63) is 72.9 Å². The number of unbranched alkanes of at least 4 members (excludes halogenated alkanes) is 53. The maximum atomic E-state index is 12.9. The molecule has 0 N–H and O–H groups in total. The number of likely N-dealkylation sites (N-methyl/N-ethyl adjacent to an activating group) is 1. The Hall–Kier alpha value is -2.55. The fourth-order valence-electron chi connectivity index (χ4n) is 12.6. The number of quaternary nitrogens is 1. The van der Waals surface area contributed by atoms with E-state index >= 15 is 0 Å². The lowest BCUT2D eigenvalue weighted by Gasteiger charge is -2.28. The molecular weight excluding hydrogens is 1220 g/mol. The molecule has 0 aliphatic heterocycles. The van der Waals surface area contributed by atoms with Crippen LogP contribution in [0.3, 0.4) is 0 Å². The van der Waals surface area contributed by atoms with Crippen molar-refractivity contribution in [2.24, 2.45) is 0 Å². The van der Waals surface area contributed by atoms with Crippen molar-refractivity contribution >= 4 is 19.8 Å². The molecule has 0 aromatic rings. The molecule has 2 atom stereocenters. The Labute approximate surface area is 603 Å². The number of rotatable bonds is 79. The van der Waals surface area contributed by atoms with Crippen LogP contribution in [-0.4, -0.2) is 70.0 Å². The second-order valence-electron chi connectivity index (χ2n) is 29.8. The number of allylic oxidation sites excluding steroid dienone is 12. The molecule has 0 fully saturated rings. The average Bonchev–Trinajstić information content (AvgIpc) is 1.69. The smallest absolute Gasteiger partial charge is 0.306 e. The molecule has 0 radical (unpaired) electrons. The minimum Gasteiger partial charge on any atom is -0.756 e. The second kappa shape index (κ2) is 77.6. The highest BCUT2D eigenvalue weighted by molar-refractivity contribution is 7.45. The van der Waals surface area contributed by atoms with Crippen molar-refractivity contribution in [1.29, 1.82) is 0 Å². The molecule has 0 saturated heterocycles. The van der Waals surface area contributed by atoms with Crippen LogP contribution in [0.4, 0.5) is 0 Å². The molecule has 2 unspecified atom stereocenters. The fraction of sp³-hybridized carbons (Fsp3) is 0.839. The predicted molar refractivity (Wildman–Crippen MR) is 420 cm³/mol. The number of nitrogens with zero attached hydrogens (tertiary/aromatic N) is 1. The molecule has 9 nitrogen and oxygen atoms in total. The third-order valence-electron chi connectivity index (χ3n) is 19.0. The number of phosphoric ester groups is 1. The number of carbonyl (C=O) groups is 2. The minimum atomic E-state index is -4.65. The summed E-state index contributed by atoms with van der Waals surface area (Å²) in [5.74, 6) is -0.808. The second-order valence-corrected chi connectivity index (χ2v) is 31.2. The van der Waals surface area contributed by atoms with Gasteiger partial charge in [-0.1, -0.05) is 414 Å². The predicted octanol–water partition coefficient (Wildman–Crippen LogP) is 27.6. The van der Waals surface area contributed by atoms with Gasteiger partial charge in [-0.3, -0.25) is 14.2 Å². The van der Waals surface area contributed by atoms with Crippen LogP contribution in [0.15, 0.2) is 72.9 Å². The standard InChI is InChI=1S/C87H162NO8P/c1-6-8-10-12-14-16-18-20-22-24-26-28-30-32-34-36-38-40-41-42-43-44-45-46-47-48-50-52-54-56-58-60-62-64-66-68-70-72-74-76-78-80-87(90)96-85(84-95-97(91,92)94-82-81-88(3,4)5)83-93-86(89)79-77-75-73-71-69-67-65-63-61-59-57-55-53-51-49-39-37-35-33-31-29-27-25-23-21-19-17-15-13-11-9-7-2/h8,10,14,16,20,22,26,28,32,34,38,40,85H,6-7,9,11-13,15,17-19,21,23-25,27,29-31,33,35-37,39,41-84H2,1-5H3/b10-8-,16-14-,22-20-,28-26-,34-32-,40-38-. The summed E-state index contributed by atoms with van der Waals surface area (Å²) in [6, 6.07) is 0. The highest BCUT2D eigenvalue weighted by Crippen LogP contribution is 2.38. The normalized spacial score (nSPS) is 13.3. The fourth-order valence-corrected chi connectivity index (χ4v) is 13.3. The highest BCUT2D eigenvalue weighted by Gasteiger charge is 2.22. The molecule has 0 aromatic carbocycles. The van der Waals surface area contributed by atoms with E-state index in [0.717, 1.165) is 70.6 Å². The lowest BCUT2D eigenvalue weighted by atomic mass is 10.0. The van der Waals surface area contributed by atoms with Crippen LogP contribution >= 0.6 is 7.82 Å². The summed E-state index contributed by atoms with van der Waals surface area (Å²) in [5, 5.41) is 0. The van der Waals surface area contributed by atoms with Crippen molar-refractivity contribution in [1.82, 2.24) is 0 Å². The first-order valence-electron chi connectivity index (χ1n) is 42.1. The Morgan fingerprint density at radius 2 is 0.588 bits per heavy atom. The molecule has 97 heavy (non-hydrogen) atoms. The molecule has 0 rings (SSSR count). The average molecular weight is 1380 g/mol. The van der Waals surface area contributed by atoms with Crippen molar-refractivity contribution in [2.45, 2.75) is 424 Å². The zero-order chi connectivity index (χ0) is 70.4. The molecule has 0 aliphatic carbocycles. The topological polar surface area (TPSA) is 111 Å². The molecule has 0 aliphatic rings. The van der Waals surface area contributed by atoms with E-state index < -0.39 is 26.5 Å². The van der Waals surface area contributed by atoms with Gasteiger partial charge in [0.25, 0.3) is 7.82 Å². The van der Waals surface area contributed by atoms with E-state index in [1.54, 1.807) is 0 Å². The largest absolute Gasteiger partial charge is 0.756 e. The Morgan fingerprint density at radius 1 is 0.330 bits per heavy atom. The Kier molecular flexibility index (Phi) is 75.6. The maximum absolute atomic E-state index is 12.9. The Bertz CT molecular complexity index is 1870. The summed E-state index contributed by atoms with van der Waals surface area (Å²) in [5.41, 5.74) is 0. The van der Waals surface area contributed by atoms with Crippen LogP contribution in [0, 0.1) is 0 Å². The third kappa shape index (κ3) is 82.3. The number of hydrogen-bond donors (Lipinski definition) is 0. The quantitative estimate of drug-likeness (QED) is 0.0195. The van der Waals surface area contributed by atoms with Crippen LogP contribution < -0.4 is 4.89 Å². The van der Waals surface area contributed by atoms with Gasteiger partial charge in [0.1, 0.15) is 19.8 Å². The summed E-state index contributed by atoms with van der Waals surface area (Å²) >= 11 is 0. The number of hydrogen-bond acceptors (Lipinski definition) is 8. The van der Waals surface area contributed by atoms with Crippen molar-refractivity contribution in [3.63, 3.8) is 0 Å². The van der Waals surface area contributed by atoms with Gasteiger partial charge in [-0.15, -0.1) is 0 Å². The molecule has 0 saturated carbocycles. The van der Waals surface area contributed by atoms with Gasteiger partial charge in [0.05, 0.1) is 27.7 Å². The summed E-state index contributed by atoms with van der Waals surface area (Å²) < 4.78 is 34.5. The van der Waals surface area contributed by atoms with Crippen molar-refractivity contribution in [2.75, 3.05) is 47.5 Å². The third-order valence-corrected chi connectivity index (χ3v) is 20.0. The summed E-state index contributed by atoms with van der Waals surface area (Å²) in [4.78, 5) is 38.2. The van der Waals surface area contributed by atoms with Gasteiger partial charge in [0.2, 0.25) is 0 Å². The Morgan fingerprint density at radius 3 is 0.876 bits per heavy atom. The monoisotopic (exact) mass is 1380 g/mol. The van der Waals surface area contributed by atoms with Gasteiger partial charge in [-0.25, -0.2) is 0 Å². The highest BCUT2D eigenvalue weighted by atomic mass is 31.2. The van der Waals surface area contributed by atoms with Gasteiger partial charge in [-0.2, -0.15) is 0 Å². The van der Waals surface area contributed by atoms with E-state index in [1.807, 2.05) is 21.1 Å². The van der Waals surface area contributed by atoms with E-state index in [2.05, 4.69) is 86.8 Å². The number of ether oxygens (including phenoxy) is 2. The van der Waals surface area contributed by atoms with E-state index in [0.29, 0.717) is 17.4 Å². The zero-order valence-corrected chi connectivity index (χ0v) is 65.9. The number of esters is 2. The van der Waals surface area contributed by atoms with Crippen LogP contribution in [-0.2, 0) is 32.7 Å².